The molecule has 2 fully saturated rings. The van der Waals surface area contributed by atoms with Crippen LogP contribution in [0, 0.1) is 0 Å². The topological polar surface area (TPSA) is 129 Å². The van der Waals surface area contributed by atoms with E-state index in [1.807, 2.05) is 26.2 Å². The Hall–Kier alpha value is -3.13. The van der Waals surface area contributed by atoms with Gasteiger partial charge in [0.05, 0.1) is 36.4 Å². The van der Waals surface area contributed by atoms with E-state index in [4.69, 9.17) is 4.74 Å². The van der Waals surface area contributed by atoms with Crippen molar-refractivity contribution in [2.24, 2.45) is 5.10 Å². The molecule has 13 heteroatoms. The summed E-state index contributed by atoms with van der Waals surface area (Å²) >= 11 is 1.28. The van der Waals surface area contributed by atoms with Crippen molar-refractivity contribution in [2.75, 3.05) is 64.1 Å². The highest BCUT2D eigenvalue weighted by Gasteiger charge is 2.36. The van der Waals surface area contributed by atoms with Gasteiger partial charge in [-0.25, -0.2) is 18.4 Å². The number of thiazole rings is 1. The molecular weight excluding hydrogens is 526 g/mol. The SMILES string of the molecule is CN(C)CCNc1ccc2nc(NC(=O)C(=NN3CCOCC3)c3ccc(S(=O)(=O)C4CC4)cc3)sc2n1. The van der Waals surface area contributed by atoms with Gasteiger partial charge < -0.3 is 15.0 Å². The molecule has 1 amide bonds. The van der Waals surface area contributed by atoms with Gasteiger partial charge in [0.15, 0.2) is 20.7 Å². The lowest BCUT2D eigenvalue weighted by atomic mass is 10.1. The number of amides is 1. The zero-order valence-corrected chi connectivity index (χ0v) is 23.0. The highest BCUT2D eigenvalue weighted by Crippen LogP contribution is 2.33. The highest BCUT2D eigenvalue weighted by molar-refractivity contribution is 7.92. The van der Waals surface area contributed by atoms with Crippen LogP contribution in [0.25, 0.3) is 10.3 Å². The molecule has 3 heterocycles. The van der Waals surface area contributed by atoms with Crippen LogP contribution in [0.5, 0.6) is 0 Å². The number of carbonyl (C=O) groups is 1. The van der Waals surface area contributed by atoms with E-state index in [2.05, 4.69) is 30.6 Å². The third-order valence-electron chi connectivity index (χ3n) is 6.20. The second-order valence-corrected chi connectivity index (χ2v) is 12.7. The molecule has 3 aromatic rings. The fourth-order valence-corrected chi connectivity index (χ4v) is 6.43. The zero-order valence-electron chi connectivity index (χ0n) is 21.4. The van der Waals surface area contributed by atoms with E-state index in [1.54, 1.807) is 29.3 Å². The minimum atomic E-state index is -3.32. The number of morpholine rings is 1. The van der Waals surface area contributed by atoms with E-state index in [0.29, 0.717) is 60.2 Å². The largest absolute Gasteiger partial charge is 0.378 e. The average Bonchev–Trinajstić information content (AvgIpc) is 3.69. The van der Waals surface area contributed by atoms with Crippen LogP contribution in [0.1, 0.15) is 18.4 Å². The van der Waals surface area contributed by atoms with Gasteiger partial charge in [-0.3, -0.25) is 15.1 Å². The summed E-state index contributed by atoms with van der Waals surface area (Å²) in [5.41, 5.74) is 1.39. The van der Waals surface area contributed by atoms with Gasteiger partial charge in [0.2, 0.25) is 0 Å². The number of nitrogens with zero attached hydrogens (tertiary/aromatic N) is 5. The molecule has 38 heavy (non-hydrogen) atoms. The summed E-state index contributed by atoms with van der Waals surface area (Å²) in [6.07, 6.45) is 1.39. The molecule has 11 nitrogen and oxygen atoms in total. The van der Waals surface area contributed by atoms with Crippen molar-refractivity contribution in [3.05, 3.63) is 42.0 Å². The van der Waals surface area contributed by atoms with Crippen LogP contribution in [-0.2, 0) is 19.4 Å². The third kappa shape index (κ3) is 6.29. The number of fused-ring (bicyclic) bond motifs is 1. The molecule has 1 saturated heterocycles. The molecule has 0 atom stereocenters. The van der Waals surface area contributed by atoms with E-state index in [9.17, 15) is 13.2 Å². The lowest BCUT2D eigenvalue weighted by molar-refractivity contribution is -0.110. The Bertz CT molecular complexity index is 1430. The number of nitrogens with one attached hydrogen (secondary N) is 2. The molecule has 1 aliphatic heterocycles. The first-order valence-corrected chi connectivity index (χ1v) is 14.9. The first-order valence-electron chi connectivity index (χ1n) is 12.5. The highest BCUT2D eigenvalue weighted by atomic mass is 32.2. The molecule has 1 aromatic carbocycles. The lowest BCUT2D eigenvalue weighted by Gasteiger charge is -2.24. The van der Waals surface area contributed by atoms with Gasteiger partial charge in [-0.1, -0.05) is 23.5 Å². The maximum Gasteiger partial charge on any atom is 0.278 e. The van der Waals surface area contributed by atoms with Crippen molar-refractivity contribution in [1.82, 2.24) is 19.9 Å². The third-order valence-corrected chi connectivity index (χ3v) is 9.36. The molecular formula is C25H31N7O4S2. The first-order chi connectivity index (χ1) is 18.3. The minimum absolute atomic E-state index is 0.181. The van der Waals surface area contributed by atoms with Crippen LogP contribution >= 0.6 is 11.3 Å². The van der Waals surface area contributed by atoms with Gasteiger partial charge >= 0.3 is 0 Å². The van der Waals surface area contributed by atoms with Crippen molar-refractivity contribution in [2.45, 2.75) is 23.0 Å². The Balaban J connectivity index is 1.36. The van der Waals surface area contributed by atoms with Crippen LogP contribution in [-0.4, -0.2) is 98.7 Å². The Kier molecular flexibility index (Phi) is 7.88. The number of ether oxygens (including phenoxy) is 1. The van der Waals surface area contributed by atoms with Gasteiger partial charge in [0.1, 0.15) is 16.2 Å². The number of carbonyl (C=O) groups excluding carboxylic acids is 1. The van der Waals surface area contributed by atoms with Crippen molar-refractivity contribution in [3.8, 4) is 0 Å². The maximum atomic E-state index is 13.4. The summed E-state index contributed by atoms with van der Waals surface area (Å²) < 4.78 is 30.6. The number of hydrogen-bond acceptors (Lipinski definition) is 11. The Labute approximate surface area is 225 Å². The van der Waals surface area contributed by atoms with Crippen molar-refractivity contribution in [1.29, 1.82) is 0 Å². The predicted molar refractivity (Wildman–Crippen MR) is 149 cm³/mol. The summed E-state index contributed by atoms with van der Waals surface area (Å²) in [5.74, 6) is 0.314. The molecule has 0 spiro atoms. The Morgan fingerprint density at radius 3 is 2.55 bits per heavy atom. The van der Waals surface area contributed by atoms with E-state index >= 15 is 0 Å². The standard InChI is InChI=1S/C25H31N7O4S2/c1-31(2)12-11-26-21-10-9-20-24(28-21)37-25(27-20)29-23(33)22(30-32-13-15-36-16-14-32)17-3-5-18(6-4-17)38(34,35)19-7-8-19/h3-6,9-10,19H,7-8,11-16H2,1-2H3,(H,26,28)(H,27,29,33). The molecule has 0 radical (unpaired) electrons. The predicted octanol–water partition coefficient (Wildman–Crippen LogP) is 2.28. The van der Waals surface area contributed by atoms with Crippen LogP contribution in [0.15, 0.2) is 46.4 Å². The number of anilines is 2. The number of sulfone groups is 1. The van der Waals surface area contributed by atoms with Gasteiger partial charge in [-0.2, -0.15) is 5.10 Å². The molecule has 2 N–H and O–H groups in total. The van der Waals surface area contributed by atoms with Crippen molar-refractivity contribution < 1.29 is 17.9 Å². The Morgan fingerprint density at radius 2 is 1.87 bits per heavy atom. The minimum Gasteiger partial charge on any atom is -0.378 e. The fraction of sp³-hybridized carbons (Fsp3) is 0.440. The molecule has 5 rings (SSSR count). The number of pyridine rings is 1. The van der Waals surface area contributed by atoms with Gasteiger partial charge in [-0.05, 0) is 51.2 Å². The van der Waals surface area contributed by atoms with E-state index in [-0.39, 0.29) is 15.9 Å². The summed E-state index contributed by atoms with van der Waals surface area (Å²) in [6.45, 7) is 3.79. The number of hydrazone groups is 1. The summed E-state index contributed by atoms with van der Waals surface area (Å²) in [4.78, 5) is 25.6. The summed E-state index contributed by atoms with van der Waals surface area (Å²) in [7, 11) is 0.700. The van der Waals surface area contributed by atoms with E-state index in [0.717, 1.165) is 18.9 Å². The second-order valence-electron chi connectivity index (χ2n) is 9.51. The lowest BCUT2D eigenvalue weighted by Crippen LogP contribution is -2.35. The maximum absolute atomic E-state index is 13.4. The monoisotopic (exact) mass is 557 g/mol. The smallest absolute Gasteiger partial charge is 0.278 e. The number of hydrogen-bond donors (Lipinski definition) is 2. The van der Waals surface area contributed by atoms with Gasteiger partial charge in [-0.15, -0.1) is 0 Å². The number of rotatable bonds is 10. The normalized spacial score (nSPS) is 16.7. The summed E-state index contributed by atoms with van der Waals surface area (Å²) in [5, 5.41) is 12.7. The quantitative estimate of drug-likeness (QED) is 0.361. The zero-order chi connectivity index (χ0) is 26.7. The molecule has 1 saturated carbocycles. The molecule has 202 valence electrons. The summed E-state index contributed by atoms with van der Waals surface area (Å²) in [6, 6.07) is 10.1. The molecule has 0 unspecified atom stereocenters. The van der Waals surface area contributed by atoms with Crippen molar-refractivity contribution in [3.63, 3.8) is 0 Å². The molecule has 1 aliphatic carbocycles. The van der Waals surface area contributed by atoms with Crippen LogP contribution in [0.4, 0.5) is 10.9 Å². The molecule has 2 aromatic heterocycles. The van der Waals surface area contributed by atoms with Crippen LogP contribution in [0.3, 0.4) is 0 Å². The first kappa shape index (κ1) is 26.5. The van der Waals surface area contributed by atoms with Gasteiger partial charge in [0, 0.05) is 18.7 Å². The number of aromatic nitrogens is 2. The number of likely N-dealkylation sites (N-methyl/N-ethyl adjacent to an activating group) is 1. The number of benzene rings is 1. The second kappa shape index (κ2) is 11.3. The van der Waals surface area contributed by atoms with E-state index in [1.165, 1.54) is 11.3 Å². The fourth-order valence-electron chi connectivity index (χ4n) is 3.94. The molecule has 0 bridgehead atoms. The van der Waals surface area contributed by atoms with Crippen molar-refractivity contribution >= 4 is 54.1 Å². The Morgan fingerprint density at radius 1 is 1.13 bits per heavy atom. The average molecular weight is 558 g/mol. The van der Waals surface area contributed by atoms with Crippen LogP contribution < -0.4 is 10.6 Å². The molecule has 2 aliphatic rings. The van der Waals surface area contributed by atoms with Crippen LogP contribution in [0.2, 0.25) is 0 Å². The van der Waals surface area contributed by atoms with E-state index < -0.39 is 15.7 Å². The van der Waals surface area contributed by atoms with Gasteiger partial charge in [0.25, 0.3) is 5.91 Å².